The van der Waals surface area contributed by atoms with Gasteiger partial charge in [0.1, 0.15) is 11.5 Å². The van der Waals surface area contributed by atoms with Gasteiger partial charge in [0.2, 0.25) is 0 Å². The average Bonchev–Trinajstić information content (AvgIpc) is 3.08. The average molecular weight is 429 g/mol. The van der Waals surface area contributed by atoms with Gasteiger partial charge >= 0.3 is 0 Å². The van der Waals surface area contributed by atoms with Crippen molar-refractivity contribution < 1.29 is 19.0 Å². The zero-order valence-electron chi connectivity index (χ0n) is 17.9. The first-order valence-electron chi connectivity index (χ1n) is 10.1. The minimum atomic E-state index is -0.327. The van der Waals surface area contributed by atoms with Crippen LogP contribution >= 0.6 is 11.3 Å². The number of fused-ring (bicyclic) bond motifs is 1. The number of methoxy groups -OCH3 is 1. The summed E-state index contributed by atoms with van der Waals surface area (Å²) in [5.41, 5.74) is 2.23. The number of amides is 1. The van der Waals surface area contributed by atoms with Crippen LogP contribution in [-0.4, -0.2) is 37.4 Å². The van der Waals surface area contributed by atoms with E-state index in [-0.39, 0.29) is 12.5 Å². The Morgan fingerprint density at radius 1 is 1.13 bits per heavy atom. The number of carbonyl (C=O) groups is 1. The summed E-state index contributed by atoms with van der Waals surface area (Å²) in [5, 5.41) is 0. The van der Waals surface area contributed by atoms with E-state index in [1.54, 1.807) is 7.11 Å². The maximum atomic E-state index is 12.5. The molecular formula is C23H28N2O4S. The van der Waals surface area contributed by atoms with Crippen LogP contribution in [0, 0.1) is 0 Å². The molecule has 0 bridgehead atoms. The highest BCUT2D eigenvalue weighted by atomic mass is 32.1. The van der Waals surface area contributed by atoms with Gasteiger partial charge in [-0.15, -0.1) is 0 Å². The third kappa shape index (κ3) is 5.49. The molecule has 1 amide bonds. The minimum absolute atomic E-state index is 0.107. The lowest BCUT2D eigenvalue weighted by Gasteiger charge is -2.08. The van der Waals surface area contributed by atoms with Gasteiger partial charge in [-0.25, -0.2) is 0 Å². The highest BCUT2D eigenvalue weighted by molar-refractivity contribution is 7.16. The summed E-state index contributed by atoms with van der Waals surface area (Å²) in [6.45, 7) is 7.94. The van der Waals surface area contributed by atoms with Crippen molar-refractivity contribution in [3.8, 4) is 11.5 Å². The van der Waals surface area contributed by atoms with Crippen LogP contribution in [0.15, 0.2) is 47.5 Å². The molecule has 0 fully saturated rings. The number of aromatic nitrogens is 1. The summed E-state index contributed by atoms with van der Waals surface area (Å²) in [7, 11) is 1.64. The summed E-state index contributed by atoms with van der Waals surface area (Å²) in [4.78, 5) is 17.4. The molecule has 7 heteroatoms. The van der Waals surface area contributed by atoms with E-state index in [1.165, 1.54) is 16.9 Å². The maximum absolute atomic E-state index is 12.5. The van der Waals surface area contributed by atoms with Crippen molar-refractivity contribution in [2.75, 3.05) is 26.9 Å². The molecule has 30 heavy (non-hydrogen) atoms. The number of rotatable bonds is 9. The van der Waals surface area contributed by atoms with Crippen LogP contribution in [0.25, 0.3) is 10.2 Å². The highest BCUT2D eigenvalue weighted by Crippen LogP contribution is 2.23. The Balaban J connectivity index is 1.80. The Kier molecular flexibility index (Phi) is 7.65. The van der Waals surface area contributed by atoms with Gasteiger partial charge < -0.3 is 18.8 Å². The Bertz CT molecular complexity index is 1050. The fourth-order valence-corrected chi connectivity index (χ4v) is 4.12. The topological polar surface area (TPSA) is 62.1 Å². The standard InChI is InChI=1S/C23H28N2O4S/c1-5-28-13-12-25-20-11-10-19(27-4)14-21(20)30-23(25)24-22(26)15-29-18-8-6-17(7-9-18)16(2)3/h6-11,14,16H,5,12-13,15H2,1-4H3. The number of ether oxygens (including phenoxy) is 3. The molecule has 0 unspecified atom stereocenters. The van der Waals surface area contributed by atoms with Crippen LogP contribution < -0.4 is 14.3 Å². The predicted octanol–water partition coefficient (Wildman–Crippen LogP) is 4.38. The van der Waals surface area contributed by atoms with Crippen molar-refractivity contribution in [3.05, 3.63) is 52.8 Å². The molecule has 0 spiro atoms. The first-order valence-corrected chi connectivity index (χ1v) is 10.9. The zero-order chi connectivity index (χ0) is 21.5. The Labute approximate surface area is 180 Å². The van der Waals surface area contributed by atoms with Gasteiger partial charge in [-0.2, -0.15) is 4.99 Å². The van der Waals surface area contributed by atoms with Crippen molar-refractivity contribution in [1.82, 2.24) is 4.57 Å². The Morgan fingerprint density at radius 2 is 1.87 bits per heavy atom. The SMILES string of the molecule is CCOCCn1c(=NC(=O)COc2ccc(C(C)C)cc2)sc2cc(OC)ccc21. The monoisotopic (exact) mass is 428 g/mol. The molecule has 0 saturated carbocycles. The summed E-state index contributed by atoms with van der Waals surface area (Å²) in [6.07, 6.45) is 0. The maximum Gasteiger partial charge on any atom is 0.286 e. The van der Waals surface area contributed by atoms with Crippen molar-refractivity contribution in [1.29, 1.82) is 0 Å². The molecule has 0 N–H and O–H groups in total. The van der Waals surface area contributed by atoms with E-state index in [1.807, 2.05) is 54.0 Å². The van der Waals surface area contributed by atoms with Crippen LogP contribution in [0.3, 0.4) is 0 Å². The van der Waals surface area contributed by atoms with Crippen molar-refractivity contribution >= 4 is 27.5 Å². The second-order valence-corrected chi connectivity index (χ2v) is 8.09. The molecule has 1 heterocycles. The van der Waals surface area contributed by atoms with E-state index in [2.05, 4.69) is 18.8 Å². The lowest BCUT2D eigenvalue weighted by atomic mass is 10.0. The van der Waals surface area contributed by atoms with Crippen LogP contribution in [0.2, 0.25) is 0 Å². The summed E-state index contributed by atoms with van der Waals surface area (Å²) < 4.78 is 19.5. The largest absolute Gasteiger partial charge is 0.497 e. The van der Waals surface area contributed by atoms with Gasteiger partial charge in [-0.05, 0) is 48.7 Å². The predicted molar refractivity (Wildman–Crippen MR) is 119 cm³/mol. The molecule has 0 aliphatic heterocycles. The molecule has 0 radical (unpaired) electrons. The van der Waals surface area contributed by atoms with Crippen LogP contribution in [0.4, 0.5) is 0 Å². The second kappa shape index (κ2) is 10.4. The fraction of sp³-hybridized carbons (Fsp3) is 0.391. The van der Waals surface area contributed by atoms with Crippen LogP contribution in [0.1, 0.15) is 32.3 Å². The third-order valence-electron chi connectivity index (χ3n) is 4.68. The molecular weight excluding hydrogens is 400 g/mol. The lowest BCUT2D eigenvalue weighted by molar-refractivity contribution is -0.120. The number of hydrogen-bond acceptors (Lipinski definition) is 5. The van der Waals surface area contributed by atoms with Gasteiger partial charge in [0.15, 0.2) is 11.4 Å². The van der Waals surface area contributed by atoms with E-state index in [0.717, 1.165) is 16.0 Å². The number of thiazole rings is 1. The molecule has 0 aliphatic rings. The minimum Gasteiger partial charge on any atom is -0.497 e. The summed E-state index contributed by atoms with van der Waals surface area (Å²) >= 11 is 1.45. The van der Waals surface area contributed by atoms with Gasteiger partial charge in [0, 0.05) is 13.2 Å². The van der Waals surface area contributed by atoms with E-state index < -0.39 is 0 Å². The van der Waals surface area contributed by atoms with Crippen molar-refractivity contribution in [3.63, 3.8) is 0 Å². The molecule has 3 rings (SSSR count). The Hall–Kier alpha value is -2.64. The van der Waals surface area contributed by atoms with Gasteiger partial charge in [0.25, 0.3) is 5.91 Å². The normalized spacial score (nSPS) is 12.0. The molecule has 1 aromatic heterocycles. The number of nitrogens with zero attached hydrogens (tertiary/aromatic N) is 2. The van der Waals surface area contributed by atoms with E-state index >= 15 is 0 Å². The summed E-state index contributed by atoms with van der Waals surface area (Å²) in [6, 6.07) is 13.6. The van der Waals surface area contributed by atoms with Crippen LogP contribution in [0.5, 0.6) is 11.5 Å². The first kappa shape index (κ1) is 22.1. The van der Waals surface area contributed by atoms with Gasteiger partial charge in [-0.3, -0.25) is 4.79 Å². The third-order valence-corrected chi connectivity index (χ3v) is 5.72. The molecule has 3 aromatic rings. The van der Waals surface area contributed by atoms with E-state index in [0.29, 0.717) is 36.2 Å². The van der Waals surface area contributed by atoms with Crippen molar-refractivity contribution in [2.45, 2.75) is 33.2 Å². The summed E-state index contributed by atoms with van der Waals surface area (Å²) in [5.74, 6) is 1.56. The second-order valence-electron chi connectivity index (χ2n) is 7.08. The van der Waals surface area contributed by atoms with E-state index in [4.69, 9.17) is 14.2 Å². The zero-order valence-corrected chi connectivity index (χ0v) is 18.7. The number of benzene rings is 2. The number of hydrogen-bond donors (Lipinski definition) is 0. The molecule has 0 aliphatic carbocycles. The molecule has 160 valence electrons. The quantitative estimate of drug-likeness (QED) is 0.475. The fourth-order valence-electron chi connectivity index (χ4n) is 3.02. The van der Waals surface area contributed by atoms with Crippen molar-refractivity contribution in [2.24, 2.45) is 4.99 Å². The van der Waals surface area contributed by atoms with E-state index in [9.17, 15) is 4.79 Å². The molecule has 0 saturated heterocycles. The molecule has 2 aromatic carbocycles. The lowest BCUT2D eigenvalue weighted by Crippen LogP contribution is -2.21. The van der Waals surface area contributed by atoms with Gasteiger partial charge in [-0.1, -0.05) is 37.3 Å². The molecule has 6 nitrogen and oxygen atoms in total. The highest BCUT2D eigenvalue weighted by Gasteiger charge is 2.10. The smallest absolute Gasteiger partial charge is 0.286 e. The van der Waals surface area contributed by atoms with Gasteiger partial charge in [0.05, 0.1) is 23.9 Å². The number of carbonyl (C=O) groups excluding carboxylic acids is 1. The first-order chi connectivity index (χ1) is 14.5. The Morgan fingerprint density at radius 3 is 2.53 bits per heavy atom. The molecule has 0 atom stereocenters. The van der Waals surface area contributed by atoms with Crippen LogP contribution in [-0.2, 0) is 16.1 Å².